The number of carboxylic acids is 1. The topological polar surface area (TPSA) is 46.4 Å². The van der Waals surface area contributed by atoms with Crippen molar-refractivity contribution in [3.8, 4) is 0 Å². The van der Waals surface area contributed by atoms with Gasteiger partial charge in [0, 0.05) is 42.1 Å². The van der Waals surface area contributed by atoms with Crippen molar-refractivity contribution >= 4 is 41.4 Å². The molecule has 0 aromatic heterocycles. The van der Waals surface area contributed by atoms with Crippen molar-refractivity contribution in [3.05, 3.63) is 118 Å². The van der Waals surface area contributed by atoms with Gasteiger partial charge in [0.05, 0.1) is 18.0 Å². The number of nitrogens with zero attached hydrogens (tertiary/aromatic N) is 2. The Kier molecular flexibility index (Phi) is 5.75. The SMILES string of the molecule is C[Si]1(c2ccccc2)C2=CC(=[N+]3CCC3)C=CC2=C(c2c(F)cc(C(=O)[O-])cc2F)c2ccc(N3CCC3)cc21. The fraction of sp³-hybridized carbons (Fsp3) is 0.212. The maximum absolute atomic E-state index is 15.7. The van der Waals surface area contributed by atoms with Gasteiger partial charge in [-0.2, -0.15) is 0 Å². The molecule has 40 heavy (non-hydrogen) atoms. The third kappa shape index (κ3) is 3.68. The molecule has 0 saturated carbocycles. The summed E-state index contributed by atoms with van der Waals surface area (Å²) in [5, 5.41) is 14.9. The summed E-state index contributed by atoms with van der Waals surface area (Å²) in [6.45, 7) is 6.29. The zero-order valence-electron chi connectivity index (χ0n) is 22.2. The number of hydrogen-bond acceptors (Lipinski definition) is 3. The molecule has 200 valence electrons. The highest BCUT2D eigenvalue weighted by atomic mass is 28.3. The Labute approximate surface area is 232 Å². The standard InChI is InChI=1S/C33H28F2N2O2Si/c1-40(24-7-3-2-4-8-24)29-19-22(36-13-5-14-36)9-11-25(29)31(32-27(34)17-21(33(38)39)18-28(32)35)26-12-10-23(20-30(26)40)37-15-6-16-37/h2-4,7-12,17-20H,5-6,13-16H2,1H3. The highest BCUT2D eigenvalue weighted by Crippen LogP contribution is 2.43. The Hall–Kier alpha value is -4.10. The van der Waals surface area contributed by atoms with Gasteiger partial charge in [-0.3, -0.25) is 0 Å². The summed E-state index contributed by atoms with van der Waals surface area (Å²) in [6, 6.07) is 18.5. The Morgan fingerprint density at radius 3 is 2.27 bits per heavy atom. The molecule has 0 radical (unpaired) electrons. The minimum atomic E-state index is -2.65. The molecule has 3 heterocycles. The van der Waals surface area contributed by atoms with E-state index in [0.29, 0.717) is 5.57 Å². The molecule has 7 heteroatoms. The maximum atomic E-state index is 15.7. The van der Waals surface area contributed by atoms with Gasteiger partial charge in [-0.1, -0.05) is 42.9 Å². The molecule has 1 atom stereocenters. The van der Waals surface area contributed by atoms with Gasteiger partial charge in [0.25, 0.3) is 0 Å². The van der Waals surface area contributed by atoms with Gasteiger partial charge in [0.1, 0.15) is 32.8 Å². The molecule has 0 bridgehead atoms. The summed E-state index contributed by atoms with van der Waals surface area (Å²) in [4.78, 5) is 13.8. The number of carbonyl (C=O) groups is 1. The van der Waals surface area contributed by atoms with Gasteiger partial charge in [-0.25, -0.2) is 13.4 Å². The number of anilines is 1. The Morgan fingerprint density at radius 1 is 0.950 bits per heavy atom. The first-order chi connectivity index (χ1) is 19.4. The van der Waals surface area contributed by atoms with E-state index in [1.54, 1.807) is 0 Å². The highest BCUT2D eigenvalue weighted by molar-refractivity contribution is 7.08. The largest absolute Gasteiger partial charge is 0.545 e. The molecular formula is C33H28F2N2O2Si. The minimum Gasteiger partial charge on any atom is -0.545 e. The van der Waals surface area contributed by atoms with Crippen LogP contribution in [0.15, 0.2) is 89.7 Å². The van der Waals surface area contributed by atoms with Crippen molar-refractivity contribution in [2.45, 2.75) is 19.4 Å². The molecular weight excluding hydrogens is 522 g/mol. The van der Waals surface area contributed by atoms with E-state index in [-0.39, 0.29) is 5.56 Å². The summed E-state index contributed by atoms with van der Waals surface area (Å²) < 4.78 is 33.8. The number of allylic oxidation sites excluding steroid dienone is 5. The van der Waals surface area contributed by atoms with E-state index in [2.05, 4.69) is 52.4 Å². The summed E-state index contributed by atoms with van der Waals surface area (Å²) >= 11 is 0. The molecule has 3 aromatic rings. The molecule has 4 nitrogen and oxygen atoms in total. The number of rotatable bonds is 4. The highest BCUT2D eigenvalue weighted by Gasteiger charge is 2.46. The van der Waals surface area contributed by atoms with Crippen LogP contribution in [-0.4, -0.2) is 50.5 Å². The second-order valence-electron chi connectivity index (χ2n) is 11.1. The number of halogens is 2. The van der Waals surface area contributed by atoms with E-state index < -0.39 is 31.2 Å². The number of fused-ring (bicyclic) bond motifs is 2. The lowest BCUT2D eigenvalue weighted by Crippen LogP contribution is -2.61. The summed E-state index contributed by atoms with van der Waals surface area (Å²) in [5.41, 5.74) is 3.58. The van der Waals surface area contributed by atoms with Crippen molar-refractivity contribution in [2.75, 3.05) is 31.1 Å². The average molecular weight is 551 g/mol. The first kappa shape index (κ1) is 24.9. The monoisotopic (exact) mass is 550 g/mol. The van der Waals surface area contributed by atoms with Crippen molar-refractivity contribution < 1.29 is 23.3 Å². The molecule has 0 N–H and O–H groups in total. The van der Waals surface area contributed by atoms with E-state index in [9.17, 15) is 9.90 Å². The zero-order chi connectivity index (χ0) is 27.6. The molecule has 0 amide bonds. The fourth-order valence-corrected chi connectivity index (χ4v) is 10.6. The Morgan fingerprint density at radius 2 is 1.68 bits per heavy atom. The number of carbonyl (C=O) groups excluding carboxylic acids is 1. The molecule has 1 aliphatic carbocycles. The molecule has 1 unspecified atom stereocenters. The van der Waals surface area contributed by atoms with Crippen LogP contribution in [0.5, 0.6) is 0 Å². The number of benzene rings is 3. The number of aromatic carboxylic acids is 1. The lowest BCUT2D eigenvalue weighted by atomic mass is 9.88. The van der Waals surface area contributed by atoms with Crippen molar-refractivity contribution in [2.24, 2.45) is 0 Å². The molecule has 0 spiro atoms. The second-order valence-corrected chi connectivity index (χ2v) is 15.0. The van der Waals surface area contributed by atoms with Crippen LogP contribution in [0.25, 0.3) is 5.57 Å². The molecule has 4 aliphatic rings. The average Bonchev–Trinajstić information content (AvgIpc) is 2.89. The quantitative estimate of drug-likeness (QED) is 0.370. The first-order valence-electron chi connectivity index (χ1n) is 13.8. The van der Waals surface area contributed by atoms with Gasteiger partial charge in [-0.15, -0.1) is 0 Å². The van der Waals surface area contributed by atoms with Crippen LogP contribution < -0.4 is 20.4 Å². The van der Waals surface area contributed by atoms with Crippen LogP contribution >= 0.6 is 0 Å². The van der Waals surface area contributed by atoms with Crippen LogP contribution in [0.1, 0.15) is 34.3 Å². The minimum absolute atomic E-state index is 0.204. The molecule has 3 aliphatic heterocycles. The Balaban J connectivity index is 1.57. The summed E-state index contributed by atoms with van der Waals surface area (Å²) in [5.74, 6) is -3.43. The fourth-order valence-electron chi connectivity index (χ4n) is 6.44. The maximum Gasteiger partial charge on any atom is 0.199 e. The van der Waals surface area contributed by atoms with Crippen LogP contribution in [0.4, 0.5) is 14.5 Å². The van der Waals surface area contributed by atoms with E-state index in [4.69, 9.17) is 0 Å². The normalized spacial score (nSPS) is 21.4. The number of carboxylic acid groups (broad SMARTS) is 1. The summed E-state index contributed by atoms with van der Waals surface area (Å²) in [7, 11) is -2.65. The van der Waals surface area contributed by atoms with Gasteiger partial charge in [-0.05, 0) is 63.5 Å². The van der Waals surface area contributed by atoms with E-state index in [1.165, 1.54) is 5.19 Å². The third-order valence-corrected chi connectivity index (χ3v) is 13.4. The summed E-state index contributed by atoms with van der Waals surface area (Å²) in [6.07, 6.45) is 8.57. The molecule has 2 saturated heterocycles. The van der Waals surface area contributed by atoms with Gasteiger partial charge < -0.3 is 14.8 Å². The van der Waals surface area contributed by atoms with E-state index in [0.717, 1.165) is 84.1 Å². The van der Waals surface area contributed by atoms with Crippen LogP contribution in [0.2, 0.25) is 6.55 Å². The number of hydrogen-bond donors (Lipinski definition) is 0. The zero-order valence-corrected chi connectivity index (χ0v) is 23.2. The van der Waals surface area contributed by atoms with Crippen LogP contribution in [0.3, 0.4) is 0 Å². The lowest BCUT2D eigenvalue weighted by molar-refractivity contribution is -0.582. The van der Waals surface area contributed by atoms with Gasteiger partial charge in [0.15, 0.2) is 5.71 Å². The van der Waals surface area contributed by atoms with Crippen LogP contribution in [0, 0.1) is 11.6 Å². The van der Waals surface area contributed by atoms with Gasteiger partial charge in [0.2, 0.25) is 0 Å². The third-order valence-electron chi connectivity index (χ3n) is 8.94. The van der Waals surface area contributed by atoms with Crippen molar-refractivity contribution in [1.82, 2.24) is 0 Å². The smallest absolute Gasteiger partial charge is 0.199 e. The molecule has 7 rings (SSSR count). The van der Waals surface area contributed by atoms with E-state index >= 15 is 8.78 Å². The molecule has 3 aromatic carbocycles. The van der Waals surface area contributed by atoms with Crippen molar-refractivity contribution in [3.63, 3.8) is 0 Å². The Bertz CT molecular complexity index is 1690. The molecule has 2 fully saturated rings. The predicted octanol–water partition coefficient (Wildman–Crippen LogP) is 3.44. The predicted molar refractivity (Wildman–Crippen MR) is 154 cm³/mol. The lowest BCUT2D eigenvalue weighted by Gasteiger charge is -2.42. The van der Waals surface area contributed by atoms with E-state index in [1.807, 2.05) is 30.4 Å². The van der Waals surface area contributed by atoms with Crippen LogP contribution in [-0.2, 0) is 0 Å². The van der Waals surface area contributed by atoms with Crippen molar-refractivity contribution in [1.29, 1.82) is 0 Å². The second kappa shape index (κ2) is 9.23. The first-order valence-corrected chi connectivity index (χ1v) is 16.3. The van der Waals surface area contributed by atoms with Gasteiger partial charge >= 0.3 is 0 Å².